The summed E-state index contributed by atoms with van der Waals surface area (Å²) in [6.07, 6.45) is 3.49. The first-order valence-electron chi connectivity index (χ1n) is 4.83. The Morgan fingerprint density at radius 2 is 2.25 bits per heavy atom. The monoisotopic (exact) mass is 237 g/mol. The predicted octanol–water partition coefficient (Wildman–Crippen LogP) is 2.90. The van der Waals surface area contributed by atoms with E-state index < -0.39 is 0 Å². The number of benzene rings is 1. The van der Waals surface area contributed by atoms with Crippen molar-refractivity contribution in [3.05, 3.63) is 35.4 Å². The van der Waals surface area contributed by atoms with Crippen molar-refractivity contribution < 1.29 is 9.53 Å². The van der Waals surface area contributed by atoms with Crippen LogP contribution in [0.2, 0.25) is 0 Å². The number of allylic oxidation sites excluding steroid dienone is 1. The van der Waals surface area contributed by atoms with Crippen LogP contribution >= 0.6 is 11.8 Å². The molecule has 3 nitrogen and oxygen atoms in total. The summed E-state index contributed by atoms with van der Waals surface area (Å²) in [5.41, 5.74) is 0.904. The lowest BCUT2D eigenvalue weighted by Gasteiger charge is -2.09. The Hall–Kier alpha value is -1.42. The lowest BCUT2D eigenvalue weighted by atomic mass is 10.3. The van der Waals surface area contributed by atoms with Gasteiger partial charge in [0.15, 0.2) is 5.78 Å². The maximum Gasteiger partial charge on any atom is 0.155 e. The molecule has 0 saturated carbocycles. The highest BCUT2D eigenvalue weighted by Gasteiger charge is 1.99. The standard InChI is InChI=1S/C12H15NO2S/c1-9(14)7-12(16-3)13-10-5-4-6-11(8-10)15-2/h4-8,13H,1-3H3/b12-7-. The van der Waals surface area contributed by atoms with Crippen LogP contribution in [0.1, 0.15) is 6.92 Å². The molecule has 0 aliphatic rings. The van der Waals surface area contributed by atoms with Gasteiger partial charge in [-0.25, -0.2) is 0 Å². The number of carbonyl (C=O) groups is 1. The first-order valence-corrected chi connectivity index (χ1v) is 6.05. The van der Waals surface area contributed by atoms with Gasteiger partial charge >= 0.3 is 0 Å². The zero-order valence-corrected chi connectivity index (χ0v) is 10.4. The quantitative estimate of drug-likeness (QED) is 0.799. The van der Waals surface area contributed by atoms with Crippen molar-refractivity contribution in [2.24, 2.45) is 0 Å². The van der Waals surface area contributed by atoms with E-state index in [0.29, 0.717) is 0 Å². The summed E-state index contributed by atoms with van der Waals surface area (Å²) in [4.78, 5) is 11.0. The number of rotatable bonds is 5. The Morgan fingerprint density at radius 3 is 2.81 bits per heavy atom. The van der Waals surface area contributed by atoms with E-state index in [1.807, 2.05) is 30.5 Å². The molecule has 0 aromatic heterocycles. The van der Waals surface area contributed by atoms with Gasteiger partial charge in [-0.1, -0.05) is 6.07 Å². The zero-order valence-electron chi connectivity index (χ0n) is 9.61. The highest BCUT2D eigenvalue weighted by Crippen LogP contribution is 2.21. The largest absolute Gasteiger partial charge is 0.497 e. The second-order valence-electron chi connectivity index (χ2n) is 3.18. The van der Waals surface area contributed by atoms with Gasteiger partial charge in [-0.15, -0.1) is 11.8 Å². The van der Waals surface area contributed by atoms with E-state index in [1.54, 1.807) is 13.2 Å². The number of carbonyl (C=O) groups excluding carboxylic acids is 1. The number of hydrogen-bond acceptors (Lipinski definition) is 4. The van der Waals surface area contributed by atoms with Crippen molar-refractivity contribution >= 4 is 23.2 Å². The summed E-state index contributed by atoms with van der Waals surface area (Å²) in [6.45, 7) is 1.53. The number of ether oxygens (including phenoxy) is 1. The average Bonchev–Trinajstić information content (AvgIpc) is 2.28. The first kappa shape index (κ1) is 12.6. The molecule has 0 unspecified atom stereocenters. The third-order valence-electron chi connectivity index (χ3n) is 1.89. The summed E-state index contributed by atoms with van der Waals surface area (Å²) in [5, 5.41) is 3.98. The molecule has 86 valence electrons. The molecule has 16 heavy (non-hydrogen) atoms. The van der Waals surface area contributed by atoms with E-state index in [9.17, 15) is 4.79 Å². The molecule has 0 radical (unpaired) electrons. The fourth-order valence-corrected chi connectivity index (χ4v) is 1.68. The molecule has 0 aliphatic heterocycles. The molecule has 0 aliphatic carbocycles. The molecule has 0 saturated heterocycles. The molecule has 1 aromatic carbocycles. The number of nitrogens with one attached hydrogen (secondary N) is 1. The van der Waals surface area contributed by atoms with Crippen LogP contribution in [0.25, 0.3) is 0 Å². The molecule has 0 fully saturated rings. The molecule has 4 heteroatoms. The molecule has 0 bridgehead atoms. The number of methoxy groups -OCH3 is 1. The van der Waals surface area contributed by atoms with Gasteiger partial charge in [0.2, 0.25) is 0 Å². The van der Waals surface area contributed by atoms with Crippen LogP contribution in [0, 0.1) is 0 Å². The summed E-state index contributed by atoms with van der Waals surface area (Å²) >= 11 is 1.49. The lowest BCUT2D eigenvalue weighted by molar-refractivity contribution is -0.112. The Kier molecular flexibility index (Phi) is 4.92. The van der Waals surface area contributed by atoms with Crippen molar-refractivity contribution in [2.75, 3.05) is 18.7 Å². The second-order valence-corrected chi connectivity index (χ2v) is 4.03. The summed E-state index contributed by atoms with van der Waals surface area (Å²) in [7, 11) is 1.63. The van der Waals surface area contributed by atoms with Crippen molar-refractivity contribution in [1.29, 1.82) is 0 Å². The van der Waals surface area contributed by atoms with Crippen LogP contribution < -0.4 is 10.1 Å². The fourth-order valence-electron chi connectivity index (χ4n) is 1.17. The molecule has 0 atom stereocenters. The third kappa shape index (κ3) is 3.98. The van der Waals surface area contributed by atoms with Gasteiger partial charge in [0.05, 0.1) is 12.1 Å². The lowest BCUT2D eigenvalue weighted by Crippen LogP contribution is -1.98. The van der Waals surface area contributed by atoms with Crippen LogP contribution in [-0.4, -0.2) is 19.1 Å². The normalized spacial score (nSPS) is 11.1. The minimum Gasteiger partial charge on any atom is -0.497 e. The van der Waals surface area contributed by atoms with Crippen LogP contribution in [0.5, 0.6) is 5.75 Å². The number of anilines is 1. The van der Waals surface area contributed by atoms with Crippen LogP contribution in [0.4, 0.5) is 5.69 Å². The minimum absolute atomic E-state index is 0.0275. The van der Waals surface area contributed by atoms with E-state index >= 15 is 0 Å². The Labute approximate surface area is 99.9 Å². The van der Waals surface area contributed by atoms with Crippen LogP contribution in [-0.2, 0) is 4.79 Å². The van der Waals surface area contributed by atoms with Gasteiger partial charge in [0.25, 0.3) is 0 Å². The zero-order chi connectivity index (χ0) is 12.0. The molecule has 0 heterocycles. The van der Waals surface area contributed by atoms with E-state index in [1.165, 1.54) is 18.7 Å². The first-order chi connectivity index (χ1) is 7.65. The fraction of sp³-hybridized carbons (Fsp3) is 0.250. The van der Waals surface area contributed by atoms with E-state index in [4.69, 9.17) is 4.74 Å². The predicted molar refractivity (Wildman–Crippen MR) is 68.9 cm³/mol. The van der Waals surface area contributed by atoms with Crippen molar-refractivity contribution in [1.82, 2.24) is 0 Å². The second kappa shape index (κ2) is 6.23. The van der Waals surface area contributed by atoms with Gasteiger partial charge in [-0.05, 0) is 25.3 Å². The van der Waals surface area contributed by atoms with Crippen molar-refractivity contribution in [3.63, 3.8) is 0 Å². The Balaban J connectivity index is 2.81. The van der Waals surface area contributed by atoms with Gasteiger partial charge in [-0.2, -0.15) is 0 Å². The smallest absolute Gasteiger partial charge is 0.155 e. The Morgan fingerprint density at radius 1 is 1.50 bits per heavy atom. The number of hydrogen-bond donors (Lipinski definition) is 1. The molecule has 0 amide bonds. The topological polar surface area (TPSA) is 38.3 Å². The maximum absolute atomic E-state index is 11.0. The molecular formula is C12H15NO2S. The summed E-state index contributed by atoms with van der Waals surface area (Å²) in [6, 6.07) is 7.57. The van der Waals surface area contributed by atoms with E-state index in [0.717, 1.165) is 16.5 Å². The highest BCUT2D eigenvalue weighted by molar-refractivity contribution is 8.02. The molecule has 1 aromatic rings. The molecule has 1 N–H and O–H groups in total. The molecule has 1 rings (SSSR count). The molecular weight excluding hydrogens is 222 g/mol. The average molecular weight is 237 g/mol. The van der Waals surface area contributed by atoms with Crippen molar-refractivity contribution in [3.8, 4) is 5.75 Å². The minimum atomic E-state index is 0.0275. The van der Waals surface area contributed by atoms with Gasteiger partial charge < -0.3 is 10.1 Å². The molecule has 0 spiro atoms. The SMILES string of the molecule is COc1cccc(N/C(=C/C(C)=O)SC)c1. The van der Waals surface area contributed by atoms with Gasteiger partial charge in [0, 0.05) is 17.8 Å². The number of thioether (sulfide) groups is 1. The third-order valence-corrected chi connectivity index (χ3v) is 2.55. The Bertz CT molecular complexity index is 402. The van der Waals surface area contributed by atoms with Crippen LogP contribution in [0.3, 0.4) is 0 Å². The van der Waals surface area contributed by atoms with Crippen LogP contribution in [0.15, 0.2) is 35.4 Å². The van der Waals surface area contributed by atoms with Crippen molar-refractivity contribution in [2.45, 2.75) is 6.92 Å². The van der Waals surface area contributed by atoms with Gasteiger partial charge in [0.1, 0.15) is 5.75 Å². The summed E-state index contributed by atoms with van der Waals surface area (Å²) < 4.78 is 5.12. The van der Waals surface area contributed by atoms with Gasteiger partial charge in [-0.3, -0.25) is 4.79 Å². The van der Waals surface area contributed by atoms with E-state index in [-0.39, 0.29) is 5.78 Å². The highest BCUT2D eigenvalue weighted by atomic mass is 32.2. The maximum atomic E-state index is 11.0. The summed E-state index contributed by atoms with van der Waals surface area (Å²) in [5.74, 6) is 0.813. The number of ketones is 1. The van der Waals surface area contributed by atoms with E-state index in [2.05, 4.69) is 5.32 Å².